The fourth-order valence-electron chi connectivity index (χ4n) is 3.55. The minimum Gasteiger partial charge on any atom is -0.366 e. The molecule has 2 aromatic heterocycles. The van der Waals surface area contributed by atoms with Gasteiger partial charge >= 0.3 is 0 Å². The van der Waals surface area contributed by atoms with Crippen LogP contribution in [0.5, 0.6) is 0 Å². The molecule has 3 heterocycles. The second kappa shape index (κ2) is 7.63. The summed E-state index contributed by atoms with van der Waals surface area (Å²) < 4.78 is 1.69. The number of anilines is 1. The van der Waals surface area contributed by atoms with E-state index < -0.39 is 0 Å². The van der Waals surface area contributed by atoms with Gasteiger partial charge < -0.3 is 10.2 Å². The summed E-state index contributed by atoms with van der Waals surface area (Å²) in [5, 5.41) is 7.60. The highest BCUT2D eigenvalue weighted by Gasteiger charge is 2.22. The zero-order valence-corrected chi connectivity index (χ0v) is 14.7. The lowest BCUT2D eigenvalue weighted by atomic mass is 10.1. The number of amides is 1. The predicted octanol–water partition coefficient (Wildman–Crippen LogP) is 1.22. The Balaban J connectivity index is 1.39. The van der Waals surface area contributed by atoms with Gasteiger partial charge in [-0.15, -0.1) is 0 Å². The lowest BCUT2D eigenvalue weighted by Gasteiger charge is -2.20. The molecule has 0 aromatic carbocycles. The number of nitrogens with zero attached hydrogens (tertiary/aromatic N) is 6. The van der Waals surface area contributed by atoms with Gasteiger partial charge in [-0.25, -0.2) is 15.0 Å². The van der Waals surface area contributed by atoms with Crippen molar-refractivity contribution in [1.29, 1.82) is 0 Å². The van der Waals surface area contributed by atoms with E-state index in [1.165, 1.54) is 6.33 Å². The molecule has 0 spiro atoms. The zero-order valence-electron chi connectivity index (χ0n) is 14.7. The number of carbonyl (C=O) groups is 1. The molecule has 0 saturated heterocycles. The predicted molar refractivity (Wildman–Crippen MR) is 96.4 cm³/mol. The Morgan fingerprint density at radius 1 is 1.15 bits per heavy atom. The molecule has 136 valence electrons. The maximum atomic E-state index is 12.6. The maximum absolute atomic E-state index is 12.6. The van der Waals surface area contributed by atoms with Crippen molar-refractivity contribution in [2.75, 3.05) is 18.4 Å². The summed E-state index contributed by atoms with van der Waals surface area (Å²) in [7, 11) is 0. The molecular weight excluding hydrogens is 330 g/mol. The third kappa shape index (κ3) is 3.74. The molecule has 1 amide bonds. The van der Waals surface area contributed by atoms with Crippen LogP contribution in [0.2, 0.25) is 0 Å². The van der Waals surface area contributed by atoms with Crippen molar-refractivity contribution in [3.63, 3.8) is 0 Å². The molecule has 0 radical (unpaired) electrons. The molecule has 2 aliphatic rings. The van der Waals surface area contributed by atoms with E-state index in [4.69, 9.17) is 0 Å². The van der Waals surface area contributed by atoms with E-state index in [0.717, 1.165) is 42.8 Å². The van der Waals surface area contributed by atoms with Crippen molar-refractivity contribution in [1.82, 2.24) is 29.6 Å². The van der Waals surface area contributed by atoms with Crippen LogP contribution in [0, 0.1) is 0 Å². The molecular formula is C18H23N7O. The molecule has 8 heteroatoms. The van der Waals surface area contributed by atoms with Crippen LogP contribution in [0.3, 0.4) is 0 Å². The lowest BCUT2D eigenvalue weighted by molar-refractivity contribution is -0.131. The molecule has 1 N–H and O–H groups in total. The Labute approximate surface area is 152 Å². The minimum absolute atomic E-state index is 0.149. The molecule has 26 heavy (non-hydrogen) atoms. The number of hydrogen-bond acceptors (Lipinski definition) is 6. The average molecular weight is 353 g/mol. The smallest absolute Gasteiger partial charge is 0.224 e. The summed E-state index contributed by atoms with van der Waals surface area (Å²) in [4.78, 5) is 27.3. The summed E-state index contributed by atoms with van der Waals surface area (Å²) in [5.74, 6) is 1.08. The van der Waals surface area contributed by atoms with Gasteiger partial charge in [0.05, 0.1) is 12.2 Å². The standard InChI is InChI=1S/C18H23N7O/c26-17(7-10-25-13-19-11-22-25)24-8-5-15-16(6-9-24)20-12-21-18(15)23-14-3-1-2-4-14/h1-2,11-14H,3-10H2,(H,20,21,23). The summed E-state index contributed by atoms with van der Waals surface area (Å²) in [6.45, 7) is 1.96. The first-order valence-corrected chi connectivity index (χ1v) is 9.14. The summed E-state index contributed by atoms with van der Waals surface area (Å²) in [6.07, 6.45) is 13.2. The molecule has 0 saturated carbocycles. The first-order chi connectivity index (χ1) is 12.8. The maximum Gasteiger partial charge on any atom is 0.224 e. The number of hydrogen-bond donors (Lipinski definition) is 1. The van der Waals surface area contributed by atoms with Gasteiger partial charge in [-0.1, -0.05) is 12.2 Å². The van der Waals surface area contributed by atoms with Crippen molar-refractivity contribution in [2.24, 2.45) is 0 Å². The summed E-state index contributed by atoms with van der Waals surface area (Å²) >= 11 is 0. The van der Waals surface area contributed by atoms with Crippen molar-refractivity contribution in [2.45, 2.75) is 44.7 Å². The van der Waals surface area contributed by atoms with Gasteiger partial charge in [-0.05, 0) is 19.3 Å². The lowest BCUT2D eigenvalue weighted by Crippen LogP contribution is -2.33. The third-order valence-electron chi connectivity index (χ3n) is 5.01. The Morgan fingerprint density at radius 3 is 2.81 bits per heavy atom. The summed E-state index contributed by atoms with van der Waals surface area (Å²) in [6, 6.07) is 0.415. The van der Waals surface area contributed by atoms with Crippen LogP contribution in [0.1, 0.15) is 30.5 Å². The first kappa shape index (κ1) is 16.7. The molecule has 0 unspecified atom stereocenters. The van der Waals surface area contributed by atoms with E-state index in [-0.39, 0.29) is 5.91 Å². The highest BCUT2D eigenvalue weighted by Crippen LogP contribution is 2.23. The van der Waals surface area contributed by atoms with E-state index in [1.54, 1.807) is 17.3 Å². The van der Waals surface area contributed by atoms with Crippen LogP contribution >= 0.6 is 0 Å². The van der Waals surface area contributed by atoms with E-state index in [2.05, 4.69) is 37.5 Å². The van der Waals surface area contributed by atoms with Gasteiger partial charge in [0, 0.05) is 37.5 Å². The Morgan fingerprint density at radius 2 is 2.00 bits per heavy atom. The molecule has 2 aromatic rings. The normalized spacial score (nSPS) is 17.2. The topological polar surface area (TPSA) is 88.8 Å². The molecule has 8 nitrogen and oxygen atoms in total. The van der Waals surface area contributed by atoms with Crippen LogP contribution in [0.15, 0.2) is 31.1 Å². The number of rotatable bonds is 5. The molecule has 1 aliphatic heterocycles. The van der Waals surface area contributed by atoms with Gasteiger partial charge in [0.15, 0.2) is 0 Å². The largest absolute Gasteiger partial charge is 0.366 e. The van der Waals surface area contributed by atoms with E-state index in [0.29, 0.717) is 32.1 Å². The Kier molecular flexibility index (Phi) is 4.90. The van der Waals surface area contributed by atoms with Crippen molar-refractivity contribution >= 4 is 11.7 Å². The Bertz CT molecular complexity index is 779. The Hall–Kier alpha value is -2.77. The van der Waals surface area contributed by atoms with Crippen molar-refractivity contribution < 1.29 is 4.79 Å². The fraction of sp³-hybridized carbons (Fsp3) is 0.500. The zero-order chi connectivity index (χ0) is 17.8. The van der Waals surface area contributed by atoms with Gasteiger partial charge in [-0.3, -0.25) is 9.48 Å². The van der Waals surface area contributed by atoms with Gasteiger partial charge in [-0.2, -0.15) is 5.10 Å². The van der Waals surface area contributed by atoms with Crippen molar-refractivity contribution in [3.8, 4) is 0 Å². The molecule has 0 fully saturated rings. The third-order valence-corrected chi connectivity index (χ3v) is 5.01. The second-order valence-electron chi connectivity index (χ2n) is 6.72. The summed E-state index contributed by atoms with van der Waals surface area (Å²) in [5.41, 5.74) is 2.21. The highest BCUT2D eigenvalue weighted by molar-refractivity contribution is 5.76. The second-order valence-corrected chi connectivity index (χ2v) is 6.72. The molecule has 4 rings (SSSR count). The SMILES string of the molecule is O=C(CCn1cncn1)N1CCc2ncnc(NC3CC=CC3)c2CC1. The van der Waals surface area contributed by atoms with Crippen LogP contribution in [0.4, 0.5) is 5.82 Å². The van der Waals surface area contributed by atoms with E-state index in [1.807, 2.05) is 4.90 Å². The number of aromatic nitrogens is 5. The number of carbonyl (C=O) groups excluding carboxylic acids is 1. The van der Waals surface area contributed by atoms with Crippen LogP contribution in [-0.2, 0) is 24.2 Å². The number of aryl methyl sites for hydroxylation is 1. The first-order valence-electron chi connectivity index (χ1n) is 9.14. The van der Waals surface area contributed by atoms with Crippen LogP contribution in [0.25, 0.3) is 0 Å². The number of nitrogens with one attached hydrogen (secondary N) is 1. The molecule has 0 bridgehead atoms. The van der Waals surface area contributed by atoms with Crippen LogP contribution < -0.4 is 5.32 Å². The highest BCUT2D eigenvalue weighted by atomic mass is 16.2. The minimum atomic E-state index is 0.149. The monoisotopic (exact) mass is 353 g/mol. The average Bonchev–Trinajstić information content (AvgIpc) is 3.31. The van der Waals surface area contributed by atoms with E-state index in [9.17, 15) is 4.79 Å². The van der Waals surface area contributed by atoms with Gasteiger partial charge in [0.1, 0.15) is 24.8 Å². The van der Waals surface area contributed by atoms with Gasteiger partial charge in [0.25, 0.3) is 0 Å². The van der Waals surface area contributed by atoms with Crippen LogP contribution in [-0.4, -0.2) is 54.7 Å². The van der Waals surface area contributed by atoms with Gasteiger partial charge in [0.2, 0.25) is 5.91 Å². The quantitative estimate of drug-likeness (QED) is 0.813. The van der Waals surface area contributed by atoms with E-state index >= 15 is 0 Å². The van der Waals surface area contributed by atoms with Crippen molar-refractivity contribution in [3.05, 3.63) is 42.4 Å². The molecule has 1 aliphatic carbocycles. The number of fused-ring (bicyclic) bond motifs is 1. The fourth-order valence-corrected chi connectivity index (χ4v) is 3.55. The molecule has 0 atom stereocenters.